The van der Waals surface area contributed by atoms with E-state index in [0.717, 1.165) is 22.6 Å². The Morgan fingerprint density at radius 1 is 1.20 bits per heavy atom. The van der Waals surface area contributed by atoms with Crippen LogP contribution in [0.3, 0.4) is 0 Å². The second kappa shape index (κ2) is 7.23. The van der Waals surface area contributed by atoms with Gasteiger partial charge in [-0.3, -0.25) is 0 Å². The smallest absolute Gasteiger partial charge is 0.409 e. The Hall–Kier alpha value is -3.22. The number of carbonyl (C=O) groups is 1. The quantitative estimate of drug-likeness (QED) is 0.818. The largest absolute Gasteiger partial charge is 0.507 e. The molecule has 1 amide bonds. The van der Waals surface area contributed by atoms with E-state index in [1.54, 1.807) is 11.0 Å². The predicted octanol–water partition coefficient (Wildman–Crippen LogP) is 3.88. The summed E-state index contributed by atoms with van der Waals surface area (Å²) in [5.41, 5.74) is 2.09. The average molecular weight is 407 g/mol. The first-order valence-corrected chi connectivity index (χ1v) is 10.5. The topological polar surface area (TPSA) is 74.6 Å². The summed E-state index contributed by atoms with van der Waals surface area (Å²) in [4.78, 5) is 13.9. The molecular weight excluding hydrogens is 382 g/mol. The molecule has 7 heteroatoms. The van der Waals surface area contributed by atoms with Crippen molar-refractivity contribution in [3.05, 3.63) is 59.7 Å². The van der Waals surface area contributed by atoms with E-state index in [1.165, 1.54) is 0 Å². The highest BCUT2D eigenvalue weighted by Gasteiger charge is 2.52. The van der Waals surface area contributed by atoms with Gasteiger partial charge in [0.05, 0.1) is 18.4 Å². The number of hydrazone groups is 1. The normalized spacial score (nSPS) is 21.5. The molecule has 0 unspecified atom stereocenters. The molecule has 7 nitrogen and oxygen atoms in total. The Balaban J connectivity index is 1.49. The van der Waals surface area contributed by atoms with Crippen LogP contribution in [0.1, 0.15) is 43.4 Å². The number of ether oxygens (including phenoxy) is 2. The van der Waals surface area contributed by atoms with Gasteiger partial charge in [-0.1, -0.05) is 30.3 Å². The lowest BCUT2D eigenvalue weighted by atomic mass is 9.90. The molecule has 1 fully saturated rings. The number of piperidine rings is 1. The summed E-state index contributed by atoms with van der Waals surface area (Å²) in [5, 5.41) is 17.4. The first-order chi connectivity index (χ1) is 14.6. The molecule has 5 rings (SSSR count). The van der Waals surface area contributed by atoms with Crippen LogP contribution in [0.25, 0.3) is 0 Å². The van der Waals surface area contributed by atoms with Gasteiger partial charge in [0.25, 0.3) is 0 Å². The number of fused-ring (bicyclic) bond motifs is 4. The van der Waals surface area contributed by atoms with Crippen LogP contribution in [0.4, 0.5) is 4.79 Å². The maximum atomic E-state index is 12.2. The summed E-state index contributed by atoms with van der Waals surface area (Å²) in [6.07, 6.45) is 1.68. The number of phenols is 1. The van der Waals surface area contributed by atoms with E-state index in [9.17, 15) is 9.90 Å². The van der Waals surface area contributed by atoms with Crippen molar-refractivity contribution in [3.63, 3.8) is 0 Å². The number of likely N-dealkylation sites (tertiary alicyclic amines) is 1. The van der Waals surface area contributed by atoms with E-state index in [4.69, 9.17) is 14.6 Å². The molecule has 1 spiro atoms. The summed E-state index contributed by atoms with van der Waals surface area (Å²) >= 11 is 0. The molecule has 0 saturated carbocycles. The maximum absolute atomic E-state index is 12.2. The third-order valence-corrected chi connectivity index (χ3v) is 6.19. The number of amides is 1. The van der Waals surface area contributed by atoms with Gasteiger partial charge in [-0.15, -0.1) is 0 Å². The van der Waals surface area contributed by atoms with Crippen molar-refractivity contribution in [2.75, 3.05) is 19.7 Å². The van der Waals surface area contributed by atoms with Gasteiger partial charge < -0.3 is 19.5 Å². The first kappa shape index (κ1) is 18.8. The van der Waals surface area contributed by atoms with Crippen LogP contribution in [0.5, 0.6) is 11.5 Å². The fourth-order valence-electron chi connectivity index (χ4n) is 4.69. The van der Waals surface area contributed by atoms with Crippen LogP contribution in [0.2, 0.25) is 0 Å². The van der Waals surface area contributed by atoms with Crippen LogP contribution in [-0.2, 0) is 4.74 Å². The van der Waals surface area contributed by atoms with Crippen molar-refractivity contribution in [1.82, 2.24) is 9.91 Å². The summed E-state index contributed by atoms with van der Waals surface area (Å²) in [6.45, 7) is 3.28. The summed E-state index contributed by atoms with van der Waals surface area (Å²) in [7, 11) is 0. The van der Waals surface area contributed by atoms with Gasteiger partial charge in [0, 0.05) is 43.5 Å². The van der Waals surface area contributed by atoms with Crippen LogP contribution in [0.15, 0.2) is 53.6 Å². The van der Waals surface area contributed by atoms with Crippen LogP contribution >= 0.6 is 0 Å². The number of phenolic OH excluding ortho intramolecular Hbond substituents is 1. The van der Waals surface area contributed by atoms with E-state index in [-0.39, 0.29) is 17.9 Å². The van der Waals surface area contributed by atoms with E-state index in [1.807, 2.05) is 43.3 Å². The Labute approximate surface area is 175 Å². The third kappa shape index (κ3) is 2.96. The number of nitrogens with zero attached hydrogens (tertiary/aromatic N) is 3. The molecular formula is C23H25N3O4. The Kier molecular flexibility index (Phi) is 4.53. The number of benzene rings is 2. The number of para-hydroxylation sites is 2. The molecule has 2 aromatic carbocycles. The molecule has 3 aliphatic rings. The number of aromatic hydroxyl groups is 1. The van der Waals surface area contributed by atoms with Crippen molar-refractivity contribution in [3.8, 4) is 11.5 Å². The number of carbonyl (C=O) groups excluding carboxylic acids is 1. The summed E-state index contributed by atoms with van der Waals surface area (Å²) in [5.74, 6) is 1.11. The molecule has 0 bridgehead atoms. The van der Waals surface area contributed by atoms with Gasteiger partial charge in [0.1, 0.15) is 11.5 Å². The highest BCUT2D eigenvalue weighted by Crippen LogP contribution is 2.50. The van der Waals surface area contributed by atoms with E-state index in [0.29, 0.717) is 39.0 Å². The summed E-state index contributed by atoms with van der Waals surface area (Å²) < 4.78 is 11.7. The Morgan fingerprint density at radius 2 is 1.93 bits per heavy atom. The van der Waals surface area contributed by atoms with Crippen molar-refractivity contribution in [2.45, 2.75) is 38.0 Å². The minimum Gasteiger partial charge on any atom is -0.507 e. The number of hydrogen-bond acceptors (Lipinski definition) is 6. The lowest BCUT2D eigenvalue weighted by molar-refractivity contribution is -0.147. The fraction of sp³-hybridized carbons (Fsp3) is 0.391. The van der Waals surface area contributed by atoms with Crippen molar-refractivity contribution in [2.24, 2.45) is 5.10 Å². The second-order valence-electron chi connectivity index (χ2n) is 7.90. The lowest BCUT2D eigenvalue weighted by Crippen LogP contribution is -2.59. The van der Waals surface area contributed by atoms with Gasteiger partial charge >= 0.3 is 6.09 Å². The number of rotatable bonds is 2. The van der Waals surface area contributed by atoms with Gasteiger partial charge in [-0.25, -0.2) is 9.80 Å². The highest BCUT2D eigenvalue weighted by atomic mass is 16.6. The standard InChI is InChI=1S/C23H25N3O4/c1-2-29-22(28)25-13-11-23(12-14-25)26-19(17-8-4-6-10-21(17)30-23)15-18(24-26)16-7-3-5-9-20(16)27/h3-10,19,27H,2,11-15H2,1H3/t19-/m0/s1. The first-order valence-electron chi connectivity index (χ1n) is 10.5. The molecule has 156 valence electrons. The zero-order valence-electron chi connectivity index (χ0n) is 17.0. The SMILES string of the molecule is CCOC(=O)N1CCC2(CC1)Oc1ccccc1[C@@H]1CC(c3ccccc3O)=NN12. The van der Waals surface area contributed by atoms with E-state index >= 15 is 0 Å². The minimum atomic E-state index is -0.617. The fourth-order valence-corrected chi connectivity index (χ4v) is 4.69. The molecule has 1 atom stereocenters. The lowest BCUT2D eigenvalue weighted by Gasteiger charge is -2.50. The molecule has 3 aliphatic heterocycles. The Bertz CT molecular complexity index is 997. The van der Waals surface area contributed by atoms with Crippen molar-refractivity contribution in [1.29, 1.82) is 0 Å². The van der Waals surface area contributed by atoms with Gasteiger partial charge in [-0.2, -0.15) is 5.10 Å². The zero-order chi connectivity index (χ0) is 20.7. The third-order valence-electron chi connectivity index (χ3n) is 6.19. The van der Waals surface area contributed by atoms with E-state index in [2.05, 4.69) is 11.1 Å². The molecule has 0 aliphatic carbocycles. The van der Waals surface area contributed by atoms with E-state index < -0.39 is 5.72 Å². The molecule has 30 heavy (non-hydrogen) atoms. The van der Waals surface area contributed by atoms with Gasteiger partial charge in [0.15, 0.2) is 0 Å². The molecule has 0 aromatic heterocycles. The summed E-state index contributed by atoms with van der Waals surface area (Å²) in [6, 6.07) is 15.4. The molecule has 1 N–H and O–H groups in total. The van der Waals surface area contributed by atoms with Gasteiger partial charge in [0.2, 0.25) is 5.72 Å². The molecule has 2 aromatic rings. The van der Waals surface area contributed by atoms with Crippen molar-refractivity contribution < 1.29 is 19.4 Å². The Morgan fingerprint density at radius 3 is 2.70 bits per heavy atom. The highest BCUT2D eigenvalue weighted by molar-refractivity contribution is 6.04. The average Bonchev–Trinajstić information content (AvgIpc) is 3.21. The maximum Gasteiger partial charge on any atom is 0.409 e. The van der Waals surface area contributed by atoms with Crippen LogP contribution < -0.4 is 4.74 Å². The van der Waals surface area contributed by atoms with Crippen LogP contribution in [0, 0.1) is 0 Å². The number of hydrogen-bond donors (Lipinski definition) is 1. The molecule has 3 heterocycles. The zero-order valence-corrected chi connectivity index (χ0v) is 17.0. The van der Waals surface area contributed by atoms with Crippen molar-refractivity contribution >= 4 is 11.8 Å². The van der Waals surface area contributed by atoms with Crippen LogP contribution in [-0.4, -0.2) is 52.2 Å². The monoisotopic (exact) mass is 407 g/mol. The van der Waals surface area contributed by atoms with Gasteiger partial charge in [-0.05, 0) is 25.1 Å². The minimum absolute atomic E-state index is 0.0405. The molecule has 0 radical (unpaired) electrons. The second-order valence-corrected chi connectivity index (χ2v) is 7.90. The predicted molar refractivity (Wildman–Crippen MR) is 111 cm³/mol. The molecule has 1 saturated heterocycles.